The summed E-state index contributed by atoms with van der Waals surface area (Å²) < 4.78 is 4.14. The number of nitriles is 9. The van der Waals surface area contributed by atoms with Crippen LogP contribution in [0.3, 0.4) is 0 Å². The lowest BCUT2D eigenvalue weighted by Crippen LogP contribution is -2.04. The van der Waals surface area contributed by atoms with E-state index in [4.69, 9.17) is 4.98 Å². The van der Waals surface area contributed by atoms with Crippen molar-refractivity contribution >= 4 is 43.6 Å². The van der Waals surface area contributed by atoms with Gasteiger partial charge in [-0.3, -0.25) is 4.98 Å². The predicted molar refractivity (Wildman–Crippen MR) is 307 cm³/mol. The molecule has 12 rings (SSSR count). The number of pyridine rings is 1. The molecule has 12 heteroatoms. The van der Waals surface area contributed by atoms with Gasteiger partial charge in [0.25, 0.3) is 0 Å². The van der Waals surface area contributed by atoms with Crippen molar-refractivity contribution in [1.82, 2.24) is 14.1 Å². The van der Waals surface area contributed by atoms with Gasteiger partial charge in [0.05, 0.1) is 138 Å². The van der Waals surface area contributed by atoms with Crippen molar-refractivity contribution in [2.24, 2.45) is 0 Å². The van der Waals surface area contributed by atoms with Gasteiger partial charge in [0.1, 0.15) is 6.07 Å². The first kappa shape index (κ1) is 49.0. The van der Waals surface area contributed by atoms with Crippen LogP contribution in [0, 0.1) is 109 Å². The van der Waals surface area contributed by atoms with Crippen molar-refractivity contribution in [3.8, 4) is 122 Å². The molecule has 0 atom stereocenters. The lowest BCUT2D eigenvalue weighted by Gasteiger charge is -2.19. The van der Waals surface area contributed by atoms with Crippen LogP contribution in [0.15, 0.2) is 176 Å². The molecule has 0 unspecified atom stereocenters. The number of nitrogens with zero attached hydrogens (tertiary/aromatic N) is 12. The molecule has 0 spiro atoms. The van der Waals surface area contributed by atoms with E-state index in [1.54, 1.807) is 72.8 Å². The highest BCUT2D eigenvalue weighted by Gasteiger charge is 2.24. The molecule has 12 nitrogen and oxygen atoms in total. The largest absolute Gasteiger partial charge is 0.309 e. The van der Waals surface area contributed by atoms with Crippen molar-refractivity contribution in [3.05, 3.63) is 232 Å². The van der Waals surface area contributed by atoms with Gasteiger partial charge in [-0.15, -0.1) is 0 Å². The van der Waals surface area contributed by atoms with Crippen LogP contribution in [0.1, 0.15) is 55.8 Å². The van der Waals surface area contributed by atoms with Gasteiger partial charge in [0.2, 0.25) is 0 Å². The van der Waals surface area contributed by atoms with Crippen molar-refractivity contribution < 1.29 is 0 Å². The molecular formula is C69H32N12. The quantitative estimate of drug-likeness (QED) is 0.146. The number of hydrogen-bond donors (Lipinski definition) is 0. The zero-order chi connectivity index (χ0) is 56.1. The van der Waals surface area contributed by atoms with E-state index in [-0.39, 0.29) is 0 Å². The first-order valence-corrected chi connectivity index (χ1v) is 25.1. The Morgan fingerprint density at radius 3 is 0.889 bits per heavy atom. The Hall–Kier alpha value is -12.9. The van der Waals surface area contributed by atoms with E-state index in [1.165, 1.54) is 0 Å². The molecule has 0 aliphatic carbocycles. The van der Waals surface area contributed by atoms with E-state index in [0.717, 1.165) is 71.6 Å². The molecule has 12 aromatic rings. The maximum atomic E-state index is 11.5. The molecule has 0 bridgehead atoms. The standard InChI is InChI=1S/C69H32N12/c1-40-3-2-4-63(79-40)62-30-68(80-64-9-5-49(53-17-41(31-70)13-42(18-53)32-71)25-58(64)59-26-50(6-10-65(59)80)54-19-43(33-72)14-44(20-54)34-73)57(39-78)29-69(62)81-66-11-7-51(55-21-45(35-74)15-46(22-55)36-75)27-60(66)61-28-52(8-12-67(61)81)56-23-47(37-76)16-48(24-56)38-77/h2-30H,1H3. The molecule has 0 saturated carbocycles. The molecular weight excluding hydrogens is 997 g/mol. The predicted octanol–water partition coefficient (Wildman–Crippen LogP) is 14.8. The first-order valence-electron chi connectivity index (χ1n) is 25.1. The summed E-state index contributed by atoms with van der Waals surface area (Å²) in [6.45, 7) is 1.91. The third kappa shape index (κ3) is 8.49. The van der Waals surface area contributed by atoms with Crippen LogP contribution in [0.5, 0.6) is 0 Å². The molecule has 0 radical (unpaired) electrons. The summed E-state index contributed by atoms with van der Waals surface area (Å²) in [5.74, 6) is 0. The van der Waals surface area contributed by atoms with E-state index >= 15 is 0 Å². The second-order valence-electron chi connectivity index (χ2n) is 19.4. The fourth-order valence-corrected chi connectivity index (χ4v) is 10.9. The molecule has 0 saturated heterocycles. The maximum Gasteiger partial charge on any atom is 0.101 e. The van der Waals surface area contributed by atoms with Crippen molar-refractivity contribution in [1.29, 1.82) is 47.4 Å². The number of benzene rings is 9. The third-order valence-electron chi connectivity index (χ3n) is 14.5. The van der Waals surface area contributed by atoms with Crippen LogP contribution in [-0.4, -0.2) is 14.1 Å². The van der Waals surface area contributed by atoms with E-state index in [9.17, 15) is 47.4 Å². The monoisotopic (exact) mass is 1030 g/mol. The van der Waals surface area contributed by atoms with Gasteiger partial charge in [-0.2, -0.15) is 47.4 Å². The second-order valence-corrected chi connectivity index (χ2v) is 19.4. The van der Waals surface area contributed by atoms with Crippen LogP contribution in [-0.2, 0) is 0 Å². The molecule has 81 heavy (non-hydrogen) atoms. The van der Waals surface area contributed by atoms with E-state index in [2.05, 4.69) is 59.2 Å². The Bertz CT molecular complexity index is 4800. The van der Waals surface area contributed by atoms with Gasteiger partial charge in [-0.25, -0.2) is 0 Å². The Morgan fingerprint density at radius 2 is 0.605 bits per heavy atom. The van der Waals surface area contributed by atoms with Crippen molar-refractivity contribution in [2.75, 3.05) is 0 Å². The number of fused-ring (bicyclic) bond motifs is 6. The molecule has 368 valence electrons. The van der Waals surface area contributed by atoms with Crippen LogP contribution in [0.25, 0.3) is 111 Å². The highest BCUT2D eigenvalue weighted by atomic mass is 15.0. The topological polar surface area (TPSA) is 237 Å². The van der Waals surface area contributed by atoms with Gasteiger partial charge < -0.3 is 9.13 Å². The highest BCUT2D eigenvalue weighted by Crippen LogP contribution is 2.44. The second kappa shape index (κ2) is 19.7. The number of rotatable bonds is 7. The summed E-state index contributed by atoms with van der Waals surface area (Å²) >= 11 is 0. The van der Waals surface area contributed by atoms with Crippen LogP contribution in [0.4, 0.5) is 0 Å². The summed E-state index contributed by atoms with van der Waals surface area (Å²) in [6.07, 6.45) is 0. The summed E-state index contributed by atoms with van der Waals surface area (Å²) in [4.78, 5) is 5.09. The van der Waals surface area contributed by atoms with Crippen molar-refractivity contribution in [3.63, 3.8) is 0 Å². The summed E-state index contributed by atoms with van der Waals surface area (Å²) in [5.41, 5.74) is 14.8. The van der Waals surface area contributed by atoms with Crippen LogP contribution in [0.2, 0.25) is 0 Å². The first-order chi connectivity index (χ1) is 39.5. The smallest absolute Gasteiger partial charge is 0.101 e. The normalized spacial score (nSPS) is 10.7. The Morgan fingerprint density at radius 1 is 0.296 bits per heavy atom. The molecule has 3 aromatic heterocycles. The molecule has 0 N–H and O–H groups in total. The SMILES string of the molecule is Cc1cccc(-c2cc(-n3c4ccc(-c5cc(C#N)cc(C#N)c5)cc4c4cc(-c5cc(C#N)cc(C#N)c5)ccc43)c(C#N)cc2-n2c3ccc(-c4cc(C#N)cc(C#N)c4)cc3c3cc(-c4cc(C#N)cc(C#N)c4)ccc32)n1. The zero-order valence-electron chi connectivity index (χ0n) is 42.6. The lowest BCUT2D eigenvalue weighted by atomic mass is 9.97. The summed E-state index contributed by atoms with van der Waals surface area (Å²) in [6, 6.07) is 73.3. The van der Waals surface area contributed by atoms with Gasteiger partial charge >= 0.3 is 0 Å². The van der Waals surface area contributed by atoms with Crippen molar-refractivity contribution in [2.45, 2.75) is 6.92 Å². The van der Waals surface area contributed by atoms with Gasteiger partial charge in [-0.1, -0.05) is 30.3 Å². The van der Waals surface area contributed by atoms with Gasteiger partial charge in [-0.05, 0) is 197 Å². The Labute approximate surface area is 463 Å². The maximum absolute atomic E-state index is 11.5. The van der Waals surface area contributed by atoms with Crippen LogP contribution >= 0.6 is 0 Å². The summed E-state index contributed by atoms with van der Waals surface area (Å²) in [7, 11) is 0. The fraction of sp³-hybridized carbons (Fsp3) is 0.0145. The van der Waals surface area contributed by atoms with Crippen LogP contribution < -0.4 is 0 Å². The number of aryl methyl sites for hydroxylation is 1. The van der Waals surface area contributed by atoms with E-state index < -0.39 is 0 Å². The highest BCUT2D eigenvalue weighted by molar-refractivity contribution is 6.14. The van der Waals surface area contributed by atoms with E-state index in [0.29, 0.717) is 95.0 Å². The molecule has 0 amide bonds. The lowest BCUT2D eigenvalue weighted by molar-refractivity contribution is 1.12. The minimum absolute atomic E-state index is 0.312. The number of hydrogen-bond acceptors (Lipinski definition) is 10. The average Bonchev–Trinajstić information content (AvgIpc) is 4.06. The number of aromatic nitrogens is 3. The molecule has 9 aromatic carbocycles. The molecule has 0 aliphatic rings. The third-order valence-corrected chi connectivity index (χ3v) is 14.5. The fourth-order valence-electron chi connectivity index (χ4n) is 10.9. The minimum atomic E-state index is 0.312. The van der Waals surface area contributed by atoms with E-state index in [1.807, 2.05) is 115 Å². The summed E-state index contributed by atoms with van der Waals surface area (Å²) in [5, 5.41) is 94.2. The molecule has 3 heterocycles. The Balaban J connectivity index is 1.16. The average molecular weight is 1030 g/mol. The molecule has 0 aliphatic heterocycles. The zero-order valence-corrected chi connectivity index (χ0v) is 42.6. The Kier molecular flexibility index (Phi) is 11.9. The minimum Gasteiger partial charge on any atom is -0.309 e. The molecule has 0 fully saturated rings. The van der Waals surface area contributed by atoms with Gasteiger partial charge in [0, 0.05) is 32.8 Å². The van der Waals surface area contributed by atoms with Gasteiger partial charge in [0.15, 0.2) is 0 Å².